The number of carbonyl (C=O) groups excluding carboxylic acids is 2. The zero-order valence-corrected chi connectivity index (χ0v) is 18.5. The number of rotatable bonds is 6. The molecule has 1 saturated heterocycles. The summed E-state index contributed by atoms with van der Waals surface area (Å²) in [6, 6.07) is 9.63. The summed E-state index contributed by atoms with van der Waals surface area (Å²) in [5.74, 6) is -0.501. The predicted octanol–water partition coefficient (Wildman–Crippen LogP) is 3.53. The molecule has 7 nitrogen and oxygen atoms in total. The molecule has 0 bridgehead atoms. The maximum absolute atomic E-state index is 13.0. The van der Waals surface area contributed by atoms with E-state index in [0.29, 0.717) is 25.1 Å². The molecular formula is C20H21Cl2N3O4S. The van der Waals surface area contributed by atoms with Gasteiger partial charge in [-0.1, -0.05) is 29.3 Å². The molecule has 2 aromatic rings. The van der Waals surface area contributed by atoms with E-state index in [9.17, 15) is 18.0 Å². The van der Waals surface area contributed by atoms with Crippen LogP contribution in [0.15, 0.2) is 47.4 Å². The summed E-state index contributed by atoms with van der Waals surface area (Å²) >= 11 is 11.8. The van der Waals surface area contributed by atoms with Crippen LogP contribution in [0.5, 0.6) is 0 Å². The van der Waals surface area contributed by atoms with Gasteiger partial charge in [-0.15, -0.1) is 0 Å². The minimum absolute atomic E-state index is 0.0514. The molecule has 1 aliphatic rings. The van der Waals surface area contributed by atoms with Crippen molar-refractivity contribution >= 4 is 50.7 Å². The van der Waals surface area contributed by atoms with Crippen LogP contribution in [-0.4, -0.2) is 44.3 Å². The third-order valence-electron chi connectivity index (χ3n) is 4.73. The van der Waals surface area contributed by atoms with Crippen LogP contribution in [0.2, 0.25) is 10.0 Å². The van der Waals surface area contributed by atoms with E-state index in [-0.39, 0.29) is 32.4 Å². The van der Waals surface area contributed by atoms with Crippen molar-refractivity contribution in [2.75, 3.05) is 17.8 Å². The van der Waals surface area contributed by atoms with Crippen LogP contribution in [0.25, 0.3) is 0 Å². The van der Waals surface area contributed by atoms with Gasteiger partial charge in [0, 0.05) is 24.3 Å². The molecule has 10 heteroatoms. The van der Waals surface area contributed by atoms with E-state index in [1.807, 2.05) is 6.92 Å². The molecule has 0 saturated carbocycles. The average Bonchev–Trinajstić information content (AvgIpc) is 3.19. The first-order valence-corrected chi connectivity index (χ1v) is 11.6. The summed E-state index contributed by atoms with van der Waals surface area (Å²) in [5, 5.41) is 3.11. The van der Waals surface area contributed by atoms with E-state index < -0.39 is 16.1 Å². The first kappa shape index (κ1) is 22.4. The number of nitrogens with one attached hydrogen (secondary N) is 2. The fraction of sp³-hybridized carbons (Fsp3) is 0.300. The molecular weight excluding hydrogens is 449 g/mol. The third-order valence-corrected chi connectivity index (χ3v) is 6.85. The van der Waals surface area contributed by atoms with E-state index in [4.69, 9.17) is 23.2 Å². The van der Waals surface area contributed by atoms with Crippen molar-refractivity contribution in [3.63, 3.8) is 0 Å². The summed E-state index contributed by atoms with van der Waals surface area (Å²) in [6.07, 6.45) is 1.33. The molecule has 0 aliphatic carbocycles. The first-order valence-electron chi connectivity index (χ1n) is 9.39. The second-order valence-electron chi connectivity index (χ2n) is 6.81. The standard InChI is InChI=1S/C20H21Cl2N3O4S/c1-2-23-19(26)18-7-4-10-25(18)20(27)13-5-3-6-14(11-13)24-30(28,29)15-8-9-16(21)17(22)12-15/h3,5-6,8-9,11-12,18,24H,2,4,7,10H2,1H3,(H,23,26). The number of likely N-dealkylation sites (tertiary alicyclic amines) is 1. The maximum atomic E-state index is 13.0. The average molecular weight is 470 g/mol. The van der Waals surface area contributed by atoms with Crippen molar-refractivity contribution in [2.45, 2.75) is 30.7 Å². The molecule has 1 unspecified atom stereocenters. The van der Waals surface area contributed by atoms with Gasteiger partial charge >= 0.3 is 0 Å². The Morgan fingerprint density at radius 1 is 1.13 bits per heavy atom. The van der Waals surface area contributed by atoms with Crippen LogP contribution in [-0.2, 0) is 14.8 Å². The highest BCUT2D eigenvalue weighted by Crippen LogP contribution is 2.27. The summed E-state index contributed by atoms with van der Waals surface area (Å²) in [5.41, 5.74) is 0.515. The van der Waals surface area contributed by atoms with E-state index in [2.05, 4.69) is 10.0 Å². The number of hydrogen-bond donors (Lipinski definition) is 2. The van der Waals surface area contributed by atoms with Crippen molar-refractivity contribution in [3.8, 4) is 0 Å². The van der Waals surface area contributed by atoms with Gasteiger partial charge in [-0.05, 0) is 56.2 Å². The fourth-order valence-corrected chi connectivity index (χ4v) is 4.75. The van der Waals surface area contributed by atoms with Gasteiger partial charge in [0.05, 0.1) is 14.9 Å². The Bertz CT molecular complexity index is 1080. The molecule has 160 valence electrons. The van der Waals surface area contributed by atoms with Crippen molar-refractivity contribution < 1.29 is 18.0 Å². The molecule has 1 heterocycles. The molecule has 3 rings (SSSR count). The number of nitrogens with zero attached hydrogens (tertiary/aromatic N) is 1. The fourth-order valence-electron chi connectivity index (χ4n) is 3.31. The first-order chi connectivity index (χ1) is 14.2. The minimum Gasteiger partial charge on any atom is -0.355 e. The van der Waals surface area contributed by atoms with Crippen LogP contribution in [0.1, 0.15) is 30.1 Å². The number of carbonyl (C=O) groups is 2. The lowest BCUT2D eigenvalue weighted by molar-refractivity contribution is -0.124. The zero-order valence-electron chi connectivity index (χ0n) is 16.2. The third kappa shape index (κ3) is 4.88. The summed E-state index contributed by atoms with van der Waals surface area (Å²) in [6.45, 7) is 2.78. The van der Waals surface area contributed by atoms with E-state index >= 15 is 0 Å². The van der Waals surface area contributed by atoms with Crippen molar-refractivity contribution in [1.29, 1.82) is 0 Å². The van der Waals surface area contributed by atoms with Gasteiger partial charge in [-0.2, -0.15) is 0 Å². The van der Waals surface area contributed by atoms with Crippen LogP contribution in [0.3, 0.4) is 0 Å². The number of amides is 2. The van der Waals surface area contributed by atoms with Gasteiger partial charge in [0.25, 0.3) is 15.9 Å². The lowest BCUT2D eigenvalue weighted by Gasteiger charge is -2.24. The van der Waals surface area contributed by atoms with E-state index in [0.717, 1.165) is 6.42 Å². The SMILES string of the molecule is CCNC(=O)C1CCCN1C(=O)c1cccc(NS(=O)(=O)c2ccc(Cl)c(Cl)c2)c1. The zero-order chi connectivity index (χ0) is 21.9. The Morgan fingerprint density at radius 2 is 1.90 bits per heavy atom. The van der Waals surface area contributed by atoms with Gasteiger partial charge in [0.2, 0.25) is 5.91 Å². The topological polar surface area (TPSA) is 95.6 Å². The Labute approximate surface area is 185 Å². The smallest absolute Gasteiger partial charge is 0.261 e. The van der Waals surface area contributed by atoms with Crippen molar-refractivity contribution in [1.82, 2.24) is 10.2 Å². The quantitative estimate of drug-likeness (QED) is 0.675. The normalized spacial score (nSPS) is 16.4. The molecule has 1 fully saturated rings. The molecule has 30 heavy (non-hydrogen) atoms. The Kier molecular flexibility index (Phi) is 6.90. The molecule has 1 atom stereocenters. The summed E-state index contributed by atoms with van der Waals surface area (Å²) < 4.78 is 27.8. The van der Waals surface area contributed by atoms with Crippen molar-refractivity contribution in [2.24, 2.45) is 0 Å². The van der Waals surface area contributed by atoms with Crippen molar-refractivity contribution in [3.05, 3.63) is 58.1 Å². The number of halogens is 2. The minimum atomic E-state index is -3.93. The van der Waals surface area contributed by atoms with Gasteiger partial charge in [0.15, 0.2) is 0 Å². The van der Waals surface area contributed by atoms with Gasteiger partial charge in [-0.25, -0.2) is 8.42 Å². The van der Waals surface area contributed by atoms with Gasteiger partial charge < -0.3 is 10.2 Å². The number of likely N-dealkylation sites (N-methyl/N-ethyl adjacent to an activating group) is 1. The lowest BCUT2D eigenvalue weighted by Crippen LogP contribution is -2.45. The predicted molar refractivity (Wildman–Crippen MR) is 116 cm³/mol. The van der Waals surface area contributed by atoms with Gasteiger partial charge in [-0.3, -0.25) is 14.3 Å². The van der Waals surface area contributed by atoms with E-state index in [1.54, 1.807) is 12.1 Å². The molecule has 2 N–H and O–H groups in total. The highest BCUT2D eigenvalue weighted by molar-refractivity contribution is 7.92. The molecule has 0 radical (unpaired) electrons. The second kappa shape index (κ2) is 9.24. The molecule has 2 aromatic carbocycles. The monoisotopic (exact) mass is 469 g/mol. The maximum Gasteiger partial charge on any atom is 0.261 e. The Morgan fingerprint density at radius 3 is 2.60 bits per heavy atom. The lowest BCUT2D eigenvalue weighted by atomic mass is 10.1. The number of benzene rings is 2. The van der Waals surface area contributed by atoms with Crippen LogP contribution >= 0.6 is 23.2 Å². The second-order valence-corrected chi connectivity index (χ2v) is 9.31. The number of hydrogen-bond acceptors (Lipinski definition) is 4. The highest BCUT2D eigenvalue weighted by Gasteiger charge is 2.34. The highest BCUT2D eigenvalue weighted by atomic mass is 35.5. The Hall–Kier alpha value is -2.29. The molecule has 2 amide bonds. The number of sulfonamides is 1. The van der Waals surface area contributed by atoms with Crippen LogP contribution in [0, 0.1) is 0 Å². The molecule has 1 aliphatic heterocycles. The van der Waals surface area contributed by atoms with Crippen LogP contribution in [0.4, 0.5) is 5.69 Å². The van der Waals surface area contributed by atoms with Gasteiger partial charge in [0.1, 0.15) is 6.04 Å². The Balaban J connectivity index is 1.81. The summed E-state index contributed by atoms with van der Waals surface area (Å²) in [4.78, 5) is 26.7. The summed E-state index contributed by atoms with van der Waals surface area (Å²) in [7, 11) is -3.93. The molecule has 0 spiro atoms. The largest absolute Gasteiger partial charge is 0.355 e. The van der Waals surface area contributed by atoms with E-state index in [1.165, 1.54) is 35.2 Å². The molecule has 0 aromatic heterocycles. The number of anilines is 1. The van der Waals surface area contributed by atoms with Crippen LogP contribution < -0.4 is 10.0 Å².